The third kappa shape index (κ3) is 5.94. The number of amides is 2. The molecule has 0 bridgehead atoms. The Balaban J connectivity index is 1.66. The lowest BCUT2D eigenvalue weighted by Crippen LogP contribution is -2.37. The maximum atomic E-state index is 11.8. The van der Waals surface area contributed by atoms with Gasteiger partial charge in [0.1, 0.15) is 5.75 Å². The SMILES string of the molecule is COc1ccccc1CCNC(=O)NCCc1ccc(Br)cc1. The first-order valence-corrected chi connectivity index (χ1v) is 8.36. The molecule has 2 N–H and O–H groups in total. The molecule has 0 aliphatic carbocycles. The van der Waals surface area contributed by atoms with Crippen molar-refractivity contribution in [3.05, 3.63) is 64.1 Å². The van der Waals surface area contributed by atoms with Crippen LogP contribution in [0.4, 0.5) is 4.79 Å². The summed E-state index contributed by atoms with van der Waals surface area (Å²) in [6.07, 6.45) is 1.55. The molecule has 0 heterocycles. The molecular formula is C18H21BrN2O2. The predicted octanol–water partition coefficient (Wildman–Crippen LogP) is 3.54. The molecule has 2 aromatic rings. The molecule has 0 aliphatic heterocycles. The fourth-order valence-corrected chi connectivity index (χ4v) is 2.52. The highest BCUT2D eigenvalue weighted by molar-refractivity contribution is 9.10. The number of hydrogen-bond acceptors (Lipinski definition) is 2. The van der Waals surface area contributed by atoms with Gasteiger partial charge >= 0.3 is 6.03 Å². The van der Waals surface area contributed by atoms with E-state index in [9.17, 15) is 4.79 Å². The molecule has 0 fully saturated rings. The molecule has 0 atom stereocenters. The van der Waals surface area contributed by atoms with E-state index in [1.54, 1.807) is 7.11 Å². The zero-order valence-electron chi connectivity index (χ0n) is 13.1. The predicted molar refractivity (Wildman–Crippen MR) is 95.9 cm³/mol. The minimum Gasteiger partial charge on any atom is -0.496 e. The van der Waals surface area contributed by atoms with E-state index in [0.717, 1.165) is 28.6 Å². The van der Waals surface area contributed by atoms with Crippen LogP contribution < -0.4 is 15.4 Å². The average Bonchev–Trinajstić information content (AvgIpc) is 2.57. The molecule has 0 aliphatic rings. The van der Waals surface area contributed by atoms with Crippen LogP contribution in [-0.2, 0) is 12.8 Å². The van der Waals surface area contributed by atoms with Gasteiger partial charge in [0.2, 0.25) is 0 Å². The van der Waals surface area contributed by atoms with E-state index in [1.165, 1.54) is 5.56 Å². The number of urea groups is 1. The van der Waals surface area contributed by atoms with E-state index < -0.39 is 0 Å². The minimum atomic E-state index is -0.142. The molecule has 0 spiro atoms. The third-order valence-electron chi connectivity index (χ3n) is 3.48. The summed E-state index contributed by atoms with van der Waals surface area (Å²) in [5.41, 5.74) is 2.28. The molecule has 0 aromatic heterocycles. The topological polar surface area (TPSA) is 50.4 Å². The summed E-state index contributed by atoms with van der Waals surface area (Å²) >= 11 is 3.41. The van der Waals surface area contributed by atoms with Gasteiger partial charge in [-0.2, -0.15) is 0 Å². The molecular weight excluding hydrogens is 356 g/mol. The number of methoxy groups -OCH3 is 1. The van der Waals surface area contributed by atoms with Crippen LogP contribution in [0.3, 0.4) is 0 Å². The summed E-state index contributed by atoms with van der Waals surface area (Å²) in [7, 11) is 1.65. The van der Waals surface area contributed by atoms with Gasteiger partial charge in [-0.05, 0) is 42.2 Å². The van der Waals surface area contributed by atoms with Gasteiger partial charge in [-0.1, -0.05) is 46.3 Å². The maximum Gasteiger partial charge on any atom is 0.314 e. The number of halogens is 1. The van der Waals surface area contributed by atoms with Crippen LogP contribution in [0.15, 0.2) is 53.0 Å². The van der Waals surface area contributed by atoms with Crippen LogP contribution in [0.5, 0.6) is 5.75 Å². The Morgan fingerprint density at radius 1 is 1.00 bits per heavy atom. The van der Waals surface area contributed by atoms with Crippen molar-refractivity contribution in [2.24, 2.45) is 0 Å². The highest BCUT2D eigenvalue weighted by atomic mass is 79.9. The van der Waals surface area contributed by atoms with Crippen molar-refractivity contribution in [3.63, 3.8) is 0 Å². The monoisotopic (exact) mass is 376 g/mol. The zero-order chi connectivity index (χ0) is 16.5. The van der Waals surface area contributed by atoms with Crippen LogP contribution in [0.2, 0.25) is 0 Å². The summed E-state index contributed by atoms with van der Waals surface area (Å²) in [5, 5.41) is 5.73. The van der Waals surface area contributed by atoms with Gasteiger partial charge in [0.25, 0.3) is 0 Å². The Morgan fingerprint density at radius 2 is 1.65 bits per heavy atom. The highest BCUT2D eigenvalue weighted by Gasteiger charge is 2.03. The molecule has 0 radical (unpaired) electrons. The van der Waals surface area contributed by atoms with Crippen LogP contribution in [-0.4, -0.2) is 26.2 Å². The van der Waals surface area contributed by atoms with Gasteiger partial charge in [0.15, 0.2) is 0 Å². The molecule has 4 nitrogen and oxygen atoms in total. The lowest BCUT2D eigenvalue weighted by atomic mass is 10.1. The number of benzene rings is 2. The highest BCUT2D eigenvalue weighted by Crippen LogP contribution is 2.17. The minimum absolute atomic E-state index is 0.142. The summed E-state index contributed by atoms with van der Waals surface area (Å²) in [5.74, 6) is 0.852. The van der Waals surface area contributed by atoms with Gasteiger partial charge in [-0.3, -0.25) is 0 Å². The first-order chi connectivity index (χ1) is 11.2. The van der Waals surface area contributed by atoms with Crippen molar-refractivity contribution < 1.29 is 9.53 Å². The van der Waals surface area contributed by atoms with Crippen molar-refractivity contribution in [2.75, 3.05) is 20.2 Å². The van der Waals surface area contributed by atoms with Gasteiger partial charge in [0, 0.05) is 17.6 Å². The Hall–Kier alpha value is -2.01. The Kier molecular flexibility index (Phi) is 6.94. The van der Waals surface area contributed by atoms with Crippen LogP contribution in [0.25, 0.3) is 0 Å². The first-order valence-electron chi connectivity index (χ1n) is 7.57. The van der Waals surface area contributed by atoms with Crippen molar-refractivity contribution in [1.29, 1.82) is 0 Å². The van der Waals surface area contributed by atoms with E-state index in [1.807, 2.05) is 48.5 Å². The standard InChI is InChI=1S/C18H21BrN2O2/c1-23-17-5-3-2-4-15(17)11-13-21-18(22)20-12-10-14-6-8-16(19)9-7-14/h2-9H,10-13H2,1H3,(H2,20,21,22). The molecule has 2 aromatic carbocycles. The van der Waals surface area contributed by atoms with E-state index in [4.69, 9.17) is 4.74 Å². The normalized spacial score (nSPS) is 10.2. The number of ether oxygens (including phenoxy) is 1. The number of nitrogens with one attached hydrogen (secondary N) is 2. The Morgan fingerprint density at radius 3 is 2.35 bits per heavy atom. The lowest BCUT2D eigenvalue weighted by Gasteiger charge is -2.10. The fraction of sp³-hybridized carbons (Fsp3) is 0.278. The molecule has 0 unspecified atom stereocenters. The summed E-state index contributed by atoms with van der Waals surface area (Å²) in [6.45, 7) is 1.19. The zero-order valence-corrected chi connectivity index (χ0v) is 14.7. The quantitative estimate of drug-likeness (QED) is 0.776. The lowest BCUT2D eigenvalue weighted by molar-refractivity contribution is 0.241. The number of para-hydroxylation sites is 1. The number of hydrogen-bond donors (Lipinski definition) is 2. The van der Waals surface area contributed by atoms with Gasteiger partial charge in [-0.25, -0.2) is 4.79 Å². The molecule has 5 heteroatoms. The smallest absolute Gasteiger partial charge is 0.314 e. The Bertz CT molecular complexity index is 629. The van der Waals surface area contributed by atoms with Crippen LogP contribution in [0.1, 0.15) is 11.1 Å². The van der Waals surface area contributed by atoms with Crippen molar-refractivity contribution >= 4 is 22.0 Å². The second-order valence-corrected chi connectivity index (χ2v) is 6.04. The third-order valence-corrected chi connectivity index (χ3v) is 4.01. The maximum absolute atomic E-state index is 11.8. The Labute approximate surface area is 145 Å². The van der Waals surface area contributed by atoms with Gasteiger partial charge in [0.05, 0.1) is 7.11 Å². The summed E-state index contributed by atoms with van der Waals surface area (Å²) < 4.78 is 6.35. The van der Waals surface area contributed by atoms with E-state index >= 15 is 0 Å². The van der Waals surface area contributed by atoms with Gasteiger partial charge in [-0.15, -0.1) is 0 Å². The first kappa shape index (κ1) is 17.3. The molecule has 23 heavy (non-hydrogen) atoms. The fourth-order valence-electron chi connectivity index (χ4n) is 2.25. The van der Waals surface area contributed by atoms with Crippen molar-refractivity contribution in [3.8, 4) is 5.75 Å². The second kappa shape index (κ2) is 9.20. The molecule has 122 valence electrons. The molecule has 0 saturated heterocycles. The summed E-state index contributed by atoms with van der Waals surface area (Å²) in [4.78, 5) is 11.8. The number of rotatable bonds is 7. The van der Waals surface area contributed by atoms with E-state index in [2.05, 4.69) is 26.6 Å². The largest absolute Gasteiger partial charge is 0.496 e. The molecule has 0 saturated carbocycles. The second-order valence-electron chi connectivity index (χ2n) is 5.12. The average molecular weight is 377 g/mol. The van der Waals surface area contributed by atoms with Crippen molar-refractivity contribution in [1.82, 2.24) is 10.6 Å². The van der Waals surface area contributed by atoms with E-state index in [-0.39, 0.29) is 6.03 Å². The van der Waals surface area contributed by atoms with Crippen LogP contribution >= 0.6 is 15.9 Å². The van der Waals surface area contributed by atoms with E-state index in [0.29, 0.717) is 13.1 Å². The van der Waals surface area contributed by atoms with Crippen molar-refractivity contribution in [2.45, 2.75) is 12.8 Å². The number of carbonyl (C=O) groups is 1. The molecule has 2 rings (SSSR count). The molecule has 2 amide bonds. The van der Waals surface area contributed by atoms with Gasteiger partial charge < -0.3 is 15.4 Å². The summed E-state index contributed by atoms with van der Waals surface area (Å²) in [6, 6.07) is 15.8. The number of carbonyl (C=O) groups excluding carboxylic acids is 1. The van der Waals surface area contributed by atoms with Crippen LogP contribution in [0, 0.1) is 0 Å².